The number of benzene rings is 1. The van der Waals surface area contributed by atoms with Gasteiger partial charge in [0.1, 0.15) is 5.75 Å². The van der Waals surface area contributed by atoms with Gasteiger partial charge in [0, 0.05) is 0 Å². The Morgan fingerprint density at radius 2 is 1.50 bits per heavy atom. The zero-order chi connectivity index (χ0) is 15.7. The molecule has 0 fully saturated rings. The summed E-state index contributed by atoms with van der Waals surface area (Å²) < 4.78 is 62.9. The summed E-state index contributed by atoms with van der Waals surface area (Å²) in [5.41, 5.74) is -3.70. The highest BCUT2D eigenvalue weighted by Gasteiger charge is 2.48. The van der Waals surface area contributed by atoms with E-state index in [2.05, 4.69) is 4.18 Å². The predicted octanol–water partition coefficient (Wildman–Crippen LogP) is 4.16. The van der Waals surface area contributed by atoms with E-state index in [1.54, 1.807) is 6.07 Å². The Morgan fingerprint density at radius 1 is 1.00 bits per heavy atom. The summed E-state index contributed by atoms with van der Waals surface area (Å²) in [6.45, 7) is 7.66. The molecular formula is C13H17F3O3S. The van der Waals surface area contributed by atoms with Gasteiger partial charge in [-0.3, -0.25) is 0 Å². The molecule has 0 amide bonds. The van der Waals surface area contributed by atoms with Crippen molar-refractivity contribution in [3.8, 4) is 5.75 Å². The maximum Gasteiger partial charge on any atom is 0.534 e. The molecular weight excluding hydrogens is 293 g/mol. The Kier molecular flexibility index (Phi) is 4.74. The van der Waals surface area contributed by atoms with Crippen LogP contribution in [0.15, 0.2) is 18.2 Å². The van der Waals surface area contributed by atoms with Crippen LogP contribution >= 0.6 is 0 Å². The average molecular weight is 310 g/mol. The summed E-state index contributed by atoms with van der Waals surface area (Å²) in [5.74, 6) is -0.0966. The van der Waals surface area contributed by atoms with Crippen LogP contribution in [0, 0.1) is 0 Å². The maximum absolute atomic E-state index is 12.3. The summed E-state index contributed by atoms with van der Waals surface area (Å²) in [4.78, 5) is 0. The molecule has 1 aromatic carbocycles. The molecule has 0 unspecified atom stereocenters. The smallest absolute Gasteiger partial charge is 0.376 e. The predicted molar refractivity (Wildman–Crippen MR) is 70.2 cm³/mol. The SMILES string of the molecule is CC(C)c1ccc(OS(=O)(=O)C(F)(F)F)cc1C(C)C. The van der Waals surface area contributed by atoms with Crippen LogP contribution in [0.5, 0.6) is 5.75 Å². The number of hydrogen-bond acceptors (Lipinski definition) is 3. The first-order chi connectivity index (χ1) is 8.95. The minimum atomic E-state index is -5.63. The van der Waals surface area contributed by atoms with Crippen molar-refractivity contribution in [3.05, 3.63) is 29.3 Å². The van der Waals surface area contributed by atoms with Gasteiger partial charge in [0.05, 0.1) is 0 Å². The lowest BCUT2D eigenvalue weighted by Crippen LogP contribution is -2.28. The molecule has 0 aliphatic rings. The van der Waals surface area contributed by atoms with Crippen LogP contribution in [0.3, 0.4) is 0 Å². The van der Waals surface area contributed by atoms with Crippen molar-refractivity contribution in [2.45, 2.75) is 45.0 Å². The number of rotatable bonds is 4. The molecule has 7 heteroatoms. The van der Waals surface area contributed by atoms with Gasteiger partial charge in [-0.2, -0.15) is 21.6 Å². The molecule has 0 bridgehead atoms. The fourth-order valence-corrected chi connectivity index (χ4v) is 2.26. The first kappa shape index (κ1) is 16.8. The Morgan fingerprint density at radius 3 is 1.90 bits per heavy atom. The standard InChI is InChI=1S/C13H17F3O3S/c1-8(2)11-6-5-10(7-12(11)9(3)4)19-20(17,18)13(14,15)16/h5-9H,1-4H3. The van der Waals surface area contributed by atoms with E-state index in [4.69, 9.17) is 0 Å². The van der Waals surface area contributed by atoms with Crippen LogP contribution in [0.2, 0.25) is 0 Å². The summed E-state index contributed by atoms with van der Waals surface area (Å²) in [5, 5.41) is 0. The number of halogens is 3. The minimum Gasteiger partial charge on any atom is -0.376 e. The van der Waals surface area contributed by atoms with Crippen LogP contribution < -0.4 is 4.18 Å². The van der Waals surface area contributed by atoms with Gasteiger partial charge < -0.3 is 4.18 Å². The average Bonchev–Trinajstić information content (AvgIpc) is 2.26. The topological polar surface area (TPSA) is 43.4 Å². The summed E-state index contributed by atoms with van der Waals surface area (Å²) in [7, 11) is -5.63. The van der Waals surface area contributed by atoms with E-state index in [9.17, 15) is 21.6 Å². The van der Waals surface area contributed by atoms with Gasteiger partial charge in [-0.25, -0.2) is 0 Å². The molecule has 0 saturated heterocycles. The third-order valence-electron chi connectivity index (χ3n) is 2.79. The Bertz CT molecular complexity index is 575. The van der Waals surface area contributed by atoms with Crippen LogP contribution in [-0.4, -0.2) is 13.9 Å². The van der Waals surface area contributed by atoms with Crippen LogP contribution in [0.25, 0.3) is 0 Å². The van der Waals surface area contributed by atoms with Gasteiger partial charge in [-0.05, 0) is 35.1 Å². The van der Waals surface area contributed by atoms with Gasteiger partial charge in [0.25, 0.3) is 0 Å². The van der Waals surface area contributed by atoms with Crippen molar-refractivity contribution in [1.29, 1.82) is 0 Å². The normalized spacial score (nSPS) is 13.1. The molecule has 20 heavy (non-hydrogen) atoms. The van der Waals surface area contributed by atoms with E-state index in [-0.39, 0.29) is 17.6 Å². The number of alkyl halides is 3. The van der Waals surface area contributed by atoms with E-state index in [0.717, 1.165) is 11.1 Å². The molecule has 0 radical (unpaired) electrons. The Hall–Kier alpha value is -1.24. The van der Waals surface area contributed by atoms with Crippen molar-refractivity contribution < 1.29 is 25.8 Å². The number of hydrogen-bond donors (Lipinski definition) is 0. The largest absolute Gasteiger partial charge is 0.534 e. The lowest BCUT2D eigenvalue weighted by Gasteiger charge is -2.17. The van der Waals surface area contributed by atoms with E-state index < -0.39 is 15.6 Å². The maximum atomic E-state index is 12.3. The zero-order valence-electron chi connectivity index (χ0n) is 11.7. The lowest BCUT2D eigenvalue weighted by molar-refractivity contribution is -0.0500. The molecule has 1 aromatic rings. The monoisotopic (exact) mass is 310 g/mol. The van der Waals surface area contributed by atoms with E-state index in [1.807, 2.05) is 27.7 Å². The molecule has 0 atom stereocenters. The molecule has 0 spiro atoms. The van der Waals surface area contributed by atoms with Crippen LogP contribution in [0.1, 0.15) is 50.7 Å². The molecule has 1 rings (SSSR count). The molecule has 0 aromatic heterocycles. The van der Waals surface area contributed by atoms with Crippen molar-refractivity contribution in [2.75, 3.05) is 0 Å². The van der Waals surface area contributed by atoms with Crippen LogP contribution in [0.4, 0.5) is 13.2 Å². The van der Waals surface area contributed by atoms with Crippen molar-refractivity contribution in [3.63, 3.8) is 0 Å². The Balaban J connectivity index is 3.21. The summed E-state index contributed by atoms with van der Waals surface area (Å²) >= 11 is 0. The second kappa shape index (κ2) is 5.63. The first-order valence-electron chi connectivity index (χ1n) is 6.10. The third kappa shape index (κ3) is 3.65. The quantitative estimate of drug-likeness (QED) is 0.619. The molecule has 0 N–H and O–H groups in total. The minimum absolute atomic E-state index is 0.0459. The molecule has 0 saturated carbocycles. The van der Waals surface area contributed by atoms with Gasteiger partial charge in [-0.1, -0.05) is 33.8 Å². The van der Waals surface area contributed by atoms with E-state index in [1.165, 1.54) is 12.1 Å². The third-order valence-corrected chi connectivity index (χ3v) is 3.77. The van der Waals surface area contributed by atoms with Gasteiger partial charge in [-0.15, -0.1) is 0 Å². The van der Waals surface area contributed by atoms with Crippen molar-refractivity contribution >= 4 is 10.1 Å². The highest BCUT2D eigenvalue weighted by Crippen LogP contribution is 2.32. The molecule has 114 valence electrons. The highest BCUT2D eigenvalue weighted by atomic mass is 32.2. The van der Waals surface area contributed by atoms with Gasteiger partial charge in [0.2, 0.25) is 0 Å². The van der Waals surface area contributed by atoms with E-state index >= 15 is 0 Å². The lowest BCUT2D eigenvalue weighted by atomic mass is 9.90. The van der Waals surface area contributed by atoms with Crippen LogP contribution in [-0.2, 0) is 10.1 Å². The summed E-state index contributed by atoms with van der Waals surface area (Å²) in [6, 6.07) is 4.19. The van der Waals surface area contributed by atoms with Crippen molar-refractivity contribution in [1.82, 2.24) is 0 Å². The summed E-state index contributed by atoms with van der Waals surface area (Å²) in [6.07, 6.45) is 0. The van der Waals surface area contributed by atoms with Crippen molar-refractivity contribution in [2.24, 2.45) is 0 Å². The second-order valence-corrected chi connectivity index (χ2v) is 6.62. The Labute approximate surface area is 116 Å². The molecule has 0 aliphatic carbocycles. The molecule has 3 nitrogen and oxygen atoms in total. The fourth-order valence-electron chi connectivity index (χ4n) is 1.80. The van der Waals surface area contributed by atoms with E-state index in [0.29, 0.717) is 0 Å². The highest BCUT2D eigenvalue weighted by molar-refractivity contribution is 7.87. The fraction of sp³-hybridized carbons (Fsp3) is 0.538. The van der Waals surface area contributed by atoms with Gasteiger partial charge >= 0.3 is 15.6 Å². The molecule has 0 heterocycles. The van der Waals surface area contributed by atoms with Gasteiger partial charge in [0.15, 0.2) is 0 Å². The molecule has 0 aliphatic heterocycles. The zero-order valence-corrected chi connectivity index (χ0v) is 12.5. The first-order valence-corrected chi connectivity index (χ1v) is 7.51. The second-order valence-electron chi connectivity index (χ2n) is 5.08.